The minimum Gasteiger partial charge on any atom is -0.493 e. The predicted molar refractivity (Wildman–Crippen MR) is 94.4 cm³/mol. The summed E-state index contributed by atoms with van der Waals surface area (Å²) < 4.78 is 20.4. The van der Waals surface area contributed by atoms with E-state index in [9.17, 15) is 19.7 Å². The van der Waals surface area contributed by atoms with E-state index < -0.39 is 22.2 Å². The highest BCUT2D eigenvalue weighted by atomic mass is 16.6. The minimum atomic E-state index is -0.921. The average Bonchev–Trinajstić information content (AvgIpc) is 2.70. The maximum Gasteiger partial charge on any atom is 0.311 e. The number of carbonyl (C=O) groups excluding carboxylic acids is 2. The number of ketones is 2. The molecule has 0 unspecified atom stereocenters. The van der Waals surface area contributed by atoms with Gasteiger partial charge in [-0.15, -0.1) is 0 Å². The second-order valence-electron chi connectivity index (χ2n) is 5.22. The van der Waals surface area contributed by atoms with Gasteiger partial charge < -0.3 is 18.9 Å². The highest BCUT2D eigenvalue weighted by Gasteiger charge is 2.25. The Labute approximate surface area is 154 Å². The fourth-order valence-electron chi connectivity index (χ4n) is 2.45. The molecular weight excluding hydrogens is 358 g/mol. The van der Waals surface area contributed by atoms with E-state index in [2.05, 4.69) is 0 Å². The molecule has 0 N–H and O–H groups in total. The second-order valence-corrected chi connectivity index (χ2v) is 5.22. The Morgan fingerprint density at radius 3 is 1.74 bits per heavy atom. The number of nitro benzene ring substituents is 1. The van der Waals surface area contributed by atoms with Crippen molar-refractivity contribution < 1.29 is 33.5 Å². The number of methoxy groups -OCH3 is 4. The van der Waals surface area contributed by atoms with Crippen molar-refractivity contribution in [3.8, 4) is 23.0 Å². The van der Waals surface area contributed by atoms with Gasteiger partial charge in [-0.2, -0.15) is 0 Å². The van der Waals surface area contributed by atoms with Crippen molar-refractivity contribution in [1.29, 1.82) is 0 Å². The maximum atomic E-state index is 12.6. The summed E-state index contributed by atoms with van der Waals surface area (Å²) in [5.74, 6) is -1.15. The molecule has 9 nitrogen and oxygen atoms in total. The topological polar surface area (TPSA) is 114 Å². The summed E-state index contributed by atoms with van der Waals surface area (Å²) in [7, 11) is 5.43. The fraction of sp³-hybridized carbons (Fsp3) is 0.222. The van der Waals surface area contributed by atoms with Crippen LogP contribution in [0, 0.1) is 10.1 Å². The van der Waals surface area contributed by atoms with Crippen LogP contribution in [0.15, 0.2) is 30.3 Å². The van der Waals surface area contributed by atoms with Crippen molar-refractivity contribution in [2.45, 2.75) is 0 Å². The van der Waals surface area contributed by atoms with Crippen molar-refractivity contribution in [2.24, 2.45) is 0 Å². The number of nitrogens with zero attached hydrogens (tertiary/aromatic N) is 1. The minimum absolute atomic E-state index is 0.00651. The average molecular weight is 375 g/mol. The maximum absolute atomic E-state index is 12.6. The summed E-state index contributed by atoms with van der Waals surface area (Å²) in [6.45, 7) is 0. The smallest absolute Gasteiger partial charge is 0.311 e. The zero-order chi connectivity index (χ0) is 20.1. The SMILES string of the molecule is COc1ccc(C(=O)C(=O)c2cc(OC)c(OC)c(OC)c2)cc1[N+](=O)[O-]. The molecule has 0 aliphatic heterocycles. The molecule has 0 heterocycles. The normalized spacial score (nSPS) is 10.1. The van der Waals surface area contributed by atoms with Gasteiger partial charge in [0.2, 0.25) is 17.3 Å². The van der Waals surface area contributed by atoms with E-state index in [0.717, 1.165) is 6.07 Å². The van der Waals surface area contributed by atoms with E-state index in [1.807, 2.05) is 0 Å². The van der Waals surface area contributed by atoms with Crippen LogP contribution < -0.4 is 18.9 Å². The molecule has 0 aliphatic rings. The number of nitro groups is 1. The van der Waals surface area contributed by atoms with Gasteiger partial charge in [0, 0.05) is 17.2 Å². The van der Waals surface area contributed by atoms with Gasteiger partial charge >= 0.3 is 5.69 Å². The number of hydrogen-bond donors (Lipinski definition) is 0. The molecule has 0 aliphatic carbocycles. The van der Waals surface area contributed by atoms with Crippen LogP contribution in [-0.4, -0.2) is 44.9 Å². The largest absolute Gasteiger partial charge is 0.493 e. The van der Waals surface area contributed by atoms with E-state index in [1.165, 1.54) is 52.7 Å². The molecule has 2 aromatic carbocycles. The second kappa shape index (κ2) is 8.17. The summed E-state index contributed by atoms with van der Waals surface area (Å²) in [5.41, 5.74) is -0.560. The quantitative estimate of drug-likeness (QED) is 0.299. The van der Waals surface area contributed by atoms with Crippen LogP contribution in [0.2, 0.25) is 0 Å². The van der Waals surface area contributed by atoms with Gasteiger partial charge in [-0.25, -0.2) is 0 Å². The van der Waals surface area contributed by atoms with Crippen LogP contribution in [0.3, 0.4) is 0 Å². The molecule has 0 amide bonds. The summed E-state index contributed by atoms with van der Waals surface area (Å²) >= 11 is 0. The van der Waals surface area contributed by atoms with Crippen LogP contribution in [0.1, 0.15) is 20.7 Å². The molecule has 0 saturated carbocycles. The van der Waals surface area contributed by atoms with E-state index in [0.29, 0.717) is 0 Å². The Hall–Kier alpha value is -3.62. The molecule has 0 radical (unpaired) electrons. The van der Waals surface area contributed by atoms with Gasteiger partial charge in [-0.3, -0.25) is 19.7 Å². The molecular formula is C18H17NO8. The van der Waals surface area contributed by atoms with Crippen LogP contribution in [0.4, 0.5) is 5.69 Å². The highest BCUT2D eigenvalue weighted by Crippen LogP contribution is 2.38. The summed E-state index contributed by atoms with van der Waals surface area (Å²) in [6, 6.07) is 6.20. The summed E-state index contributed by atoms with van der Waals surface area (Å²) in [6.07, 6.45) is 0. The van der Waals surface area contributed by atoms with Gasteiger partial charge in [-0.1, -0.05) is 0 Å². The number of hydrogen-bond acceptors (Lipinski definition) is 8. The number of ether oxygens (including phenoxy) is 4. The first kappa shape index (κ1) is 19.7. The summed E-state index contributed by atoms with van der Waals surface area (Å²) in [5, 5.41) is 11.1. The van der Waals surface area contributed by atoms with Crippen molar-refractivity contribution >= 4 is 17.3 Å². The van der Waals surface area contributed by atoms with Gasteiger partial charge in [0.25, 0.3) is 0 Å². The number of rotatable bonds is 8. The first-order chi connectivity index (χ1) is 12.9. The van der Waals surface area contributed by atoms with Crippen molar-refractivity contribution in [3.05, 3.63) is 51.6 Å². The Bertz CT molecular complexity index is 881. The molecule has 2 aromatic rings. The van der Waals surface area contributed by atoms with Crippen molar-refractivity contribution in [2.75, 3.05) is 28.4 Å². The van der Waals surface area contributed by atoms with Crippen molar-refractivity contribution in [1.82, 2.24) is 0 Å². The van der Waals surface area contributed by atoms with Crippen LogP contribution in [0.25, 0.3) is 0 Å². The lowest BCUT2D eigenvalue weighted by Gasteiger charge is -2.13. The van der Waals surface area contributed by atoms with Gasteiger partial charge in [-0.05, 0) is 24.3 Å². The van der Waals surface area contributed by atoms with E-state index in [-0.39, 0.29) is 34.1 Å². The van der Waals surface area contributed by atoms with Gasteiger partial charge in [0.05, 0.1) is 33.4 Å². The van der Waals surface area contributed by atoms with E-state index in [1.54, 1.807) is 0 Å². The standard InChI is InChI=1S/C18H17NO8/c1-24-13-6-5-10(7-12(13)19(22)23)16(20)17(21)11-8-14(25-2)18(27-4)15(9-11)26-3/h5-9H,1-4H3. The molecule has 0 aromatic heterocycles. The first-order valence-corrected chi connectivity index (χ1v) is 7.59. The molecule has 0 atom stereocenters. The fourth-order valence-corrected chi connectivity index (χ4v) is 2.45. The number of carbonyl (C=O) groups is 2. The molecule has 27 heavy (non-hydrogen) atoms. The highest BCUT2D eigenvalue weighted by molar-refractivity contribution is 6.49. The summed E-state index contributed by atoms with van der Waals surface area (Å²) in [4.78, 5) is 35.6. The lowest BCUT2D eigenvalue weighted by Crippen LogP contribution is -2.15. The monoisotopic (exact) mass is 375 g/mol. The molecule has 0 bridgehead atoms. The number of Topliss-reactive ketones (excluding diaryl/α,β-unsaturated/α-hetero) is 2. The molecule has 9 heteroatoms. The van der Waals surface area contributed by atoms with E-state index in [4.69, 9.17) is 18.9 Å². The van der Waals surface area contributed by atoms with Crippen LogP contribution in [-0.2, 0) is 0 Å². The zero-order valence-electron chi connectivity index (χ0n) is 15.1. The lowest BCUT2D eigenvalue weighted by molar-refractivity contribution is -0.385. The van der Waals surface area contributed by atoms with E-state index >= 15 is 0 Å². The Kier molecular flexibility index (Phi) is 5.96. The molecule has 0 fully saturated rings. The molecule has 142 valence electrons. The van der Waals surface area contributed by atoms with Gasteiger partial charge in [0.1, 0.15) is 0 Å². The van der Waals surface area contributed by atoms with Gasteiger partial charge in [0.15, 0.2) is 17.2 Å². The molecule has 0 spiro atoms. The third-order valence-electron chi connectivity index (χ3n) is 3.77. The Balaban J connectivity index is 2.48. The first-order valence-electron chi connectivity index (χ1n) is 7.59. The lowest BCUT2D eigenvalue weighted by atomic mass is 10.00. The zero-order valence-corrected chi connectivity index (χ0v) is 15.1. The van der Waals surface area contributed by atoms with Crippen LogP contribution >= 0.6 is 0 Å². The third kappa shape index (κ3) is 3.81. The Morgan fingerprint density at radius 2 is 1.30 bits per heavy atom. The van der Waals surface area contributed by atoms with Crippen molar-refractivity contribution in [3.63, 3.8) is 0 Å². The molecule has 0 saturated heterocycles. The predicted octanol–water partition coefficient (Wildman–Crippen LogP) is 2.69. The third-order valence-corrected chi connectivity index (χ3v) is 3.77. The Morgan fingerprint density at radius 1 is 0.778 bits per heavy atom. The van der Waals surface area contributed by atoms with Crippen LogP contribution in [0.5, 0.6) is 23.0 Å². The molecule has 2 rings (SSSR count). The number of benzene rings is 2.